The Labute approximate surface area is 84.0 Å². The van der Waals surface area contributed by atoms with E-state index in [0.717, 1.165) is 5.92 Å². The average Bonchev–Trinajstić information content (AvgIpc) is 2.62. The molecule has 70 valence electrons. The summed E-state index contributed by atoms with van der Waals surface area (Å²) >= 11 is 1.98. The molecule has 0 nitrogen and oxygen atoms in total. The van der Waals surface area contributed by atoms with Crippen LogP contribution in [0.1, 0.15) is 43.0 Å². The fraction of sp³-hybridized carbons (Fsp3) is 0.667. The standard InChI is InChI=1S/C12H16S/c1-9-4-7-12(9)6-2-3-11-10(12)5-8-13-11/h5,8-9H,2-4,6-7H2,1H3. The van der Waals surface area contributed by atoms with Gasteiger partial charge in [-0.2, -0.15) is 0 Å². The van der Waals surface area contributed by atoms with E-state index in [4.69, 9.17) is 0 Å². The van der Waals surface area contributed by atoms with Crippen LogP contribution in [0.2, 0.25) is 0 Å². The summed E-state index contributed by atoms with van der Waals surface area (Å²) in [6, 6.07) is 2.40. The molecule has 1 spiro atoms. The highest BCUT2D eigenvalue weighted by molar-refractivity contribution is 7.10. The molecule has 1 saturated carbocycles. The van der Waals surface area contributed by atoms with Crippen molar-refractivity contribution < 1.29 is 0 Å². The molecule has 1 aromatic rings. The zero-order valence-corrected chi connectivity index (χ0v) is 8.99. The zero-order chi connectivity index (χ0) is 8.89. The van der Waals surface area contributed by atoms with E-state index in [2.05, 4.69) is 18.4 Å². The number of aryl methyl sites for hydroxylation is 1. The van der Waals surface area contributed by atoms with Gasteiger partial charge < -0.3 is 0 Å². The van der Waals surface area contributed by atoms with Crippen LogP contribution in [-0.2, 0) is 11.8 Å². The van der Waals surface area contributed by atoms with Crippen molar-refractivity contribution >= 4 is 11.3 Å². The van der Waals surface area contributed by atoms with Gasteiger partial charge in [0.25, 0.3) is 0 Å². The maximum absolute atomic E-state index is 2.44. The molecule has 2 atom stereocenters. The third-order valence-corrected chi connectivity index (χ3v) is 5.26. The van der Waals surface area contributed by atoms with E-state index in [9.17, 15) is 0 Å². The molecule has 0 aliphatic heterocycles. The van der Waals surface area contributed by atoms with Gasteiger partial charge in [0, 0.05) is 4.88 Å². The molecule has 1 fully saturated rings. The van der Waals surface area contributed by atoms with Crippen molar-refractivity contribution in [3.8, 4) is 0 Å². The highest BCUT2D eigenvalue weighted by Crippen LogP contribution is 2.55. The summed E-state index contributed by atoms with van der Waals surface area (Å²) in [6.45, 7) is 2.44. The molecule has 13 heavy (non-hydrogen) atoms. The molecular formula is C12H16S. The van der Waals surface area contributed by atoms with E-state index < -0.39 is 0 Å². The van der Waals surface area contributed by atoms with Crippen molar-refractivity contribution in [3.05, 3.63) is 21.9 Å². The quantitative estimate of drug-likeness (QED) is 0.587. The van der Waals surface area contributed by atoms with Gasteiger partial charge in [0.15, 0.2) is 0 Å². The largest absolute Gasteiger partial charge is 0.149 e. The van der Waals surface area contributed by atoms with Crippen LogP contribution in [0.25, 0.3) is 0 Å². The number of hydrogen-bond acceptors (Lipinski definition) is 1. The molecule has 0 aromatic carbocycles. The van der Waals surface area contributed by atoms with E-state index >= 15 is 0 Å². The van der Waals surface area contributed by atoms with E-state index in [1.807, 2.05) is 11.3 Å². The fourth-order valence-corrected chi connectivity index (χ4v) is 4.26. The average molecular weight is 192 g/mol. The topological polar surface area (TPSA) is 0 Å². The first kappa shape index (κ1) is 8.05. The normalized spacial score (nSPS) is 37.2. The molecule has 0 amide bonds. The molecule has 2 aliphatic carbocycles. The summed E-state index contributed by atoms with van der Waals surface area (Å²) in [5.74, 6) is 0.946. The first-order valence-electron chi connectivity index (χ1n) is 5.40. The van der Waals surface area contributed by atoms with Gasteiger partial charge in [-0.1, -0.05) is 6.92 Å². The maximum atomic E-state index is 2.44. The minimum Gasteiger partial charge on any atom is -0.149 e. The number of thiophene rings is 1. The second kappa shape index (κ2) is 2.60. The van der Waals surface area contributed by atoms with Crippen molar-refractivity contribution in [1.29, 1.82) is 0 Å². The summed E-state index contributed by atoms with van der Waals surface area (Å²) < 4.78 is 0. The minimum atomic E-state index is 0.633. The molecule has 2 unspecified atom stereocenters. The van der Waals surface area contributed by atoms with Gasteiger partial charge in [-0.15, -0.1) is 11.3 Å². The van der Waals surface area contributed by atoms with E-state index in [1.54, 1.807) is 10.4 Å². The highest BCUT2D eigenvalue weighted by atomic mass is 32.1. The van der Waals surface area contributed by atoms with E-state index in [-0.39, 0.29) is 0 Å². The van der Waals surface area contributed by atoms with Gasteiger partial charge in [-0.25, -0.2) is 0 Å². The maximum Gasteiger partial charge on any atom is 0.00829 e. The van der Waals surface area contributed by atoms with Crippen molar-refractivity contribution in [2.75, 3.05) is 0 Å². The number of fused-ring (bicyclic) bond motifs is 2. The second-order valence-electron chi connectivity index (χ2n) is 4.71. The summed E-state index contributed by atoms with van der Waals surface area (Å²) in [5, 5.41) is 2.29. The Bertz CT molecular complexity index is 326. The van der Waals surface area contributed by atoms with Gasteiger partial charge in [0.2, 0.25) is 0 Å². The molecule has 0 saturated heterocycles. The van der Waals surface area contributed by atoms with Crippen LogP contribution >= 0.6 is 11.3 Å². The lowest BCUT2D eigenvalue weighted by atomic mass is 9.54. The van der Waals surface area contributed by atoms with Crippen LogP contribution < -0.4 is 0 Å². The first-order valence-corrected chi connectivity index (χ1v) is 6.28. The van der Waals surface area contributed by atoms with Gasteiger partial charge in [-0.3, -0.25) is 0 Å². The summed E-state index contributed by atoms with van der Waals surface area (Å²) in [4.78, 5) is 1.69. The first-order chi connectivity index (χ1) is 6.33. The monoisotopic (exact) mass is 192 g/mol. The van der Waals surface area contributed by atoms with Crippen molar-refractivity contribution in [3.63, 3.8) is 0 Å². The Morgan fingerprint density at radius 1 is 1.46 bits per heavy atom. The lowest BCUT2D eigenvalue weighted by molar-refractivity contribution is 0.115. The molecular weight excluding hydrogens is 176 g/mol. The second-order valence-corrected chi connectivity index (χ2v) is 5.71. The predicted octanol–water partition coefficient (Wildman–Crippen LogP) is 3.75. The van der Waals surface area contributed by atoms with Crippen LogP contribution in [-0.4, -0.2) is 0 Å². The summed E-state index contributed by atoms with van der Waals surface area (Å²) in [7, 11) is 0. The molecule has 1 heteroatoms. The molecule has 3 rings (SSSR count). The zero-order valence-electron chi connectivity index (χ0n) is 8.18. The van der Waals surface area contributed by atoms with Crippen molar-refractivity contribution in [1.82, 2.24) is 0 Å². The third kappa shape index (κ3) is 0.914. The fourth-order valence-electron chi connectivity index (χ4n) is 3.23. The molecule has 0 N–H and O–H groups in total. The van der Waals surface area contributed by atoms with E-state index in [1.165, 1.54) is 32.1 Å². The van der Waals surface area contributed by atoms with Gasteiger partial charge in [-0.05, 0) is 60.4 Å². The number of rotatable bonds is 0. The van der Waals surface area contributed by atoms with Crippen LogP contribution in [0.5, 0.6) is 0 Å². The Morgan fingerprint density at radius 2 is 2.38 bits per heavy atom. The van der Waals surface area contributed by atoms with Crippen molar-refractivity contribution in [2.24, 2.45) is 5.92 Å². The van der Waals surface area contributed by atoms with Crippen LogP contribution in [0.4, 0.5) is 0 Å². The Balaban J connectivity index is 2.09. The molecule has 0 radical (unpaired) electrons. The van der Waals surface area contributed by atoms with Gasteiger partial charge in [0.1, 0.15) is 0 Å². The predicted molar refractivity (Wildman–Crippen MR) is 57.3 cm³/mol. The minimum absolute atomic E-state index is 0.633. The lowest BCUT2D eigenvalue weighted by Crippen LogP contribution is -2.44. The molecule has 1 heterocycles. The molecule has 0 bridgehead atoms. The SMILES string of the molecule is CC1CCC12CCCc1sccc12. The van der Waals surface area contributed by atoms with Crippen LogP contribution in [0.15, 0.2) is 11.4 Å². The summed E-state index contributed by atoms with van der Waals surface area (Å²) in [6.07, 6.45) is 7.14. The Kier molecular flexibility index (Phi) is 1.61. The van der Waals surface area contributed by atoms with Crippen LogP contribution in [0, 0.1) is 5.92 Å². The Morgan fingerprint density at radius 3 is 3.08 bits per heavy atom. The molecule has 1 aromatic heterocycles. The van der Waals surface area contributed by atoms with Crippen LogP contribution in [0.3, 0.4) is 0 Å². The van der Waals surface area contributed by atoms with Crippen molar-refractivity contribution in [2.45, 2.75) is 44.4 Å². The summed E-state index contributed by atoms with van der Waals surface area (Å²) in [5.41, 5.74) is 2.36. The van der Waals surface area contributed by atoms with Gasteiger partial charge >= 0.3 is 0 Å². The highest BCUT2D eigenvalue weighted by Gasteiger charge is 2.47. The lowest BCUT2D eigenvalue weighted by Gasteiger charge is -2.51. The van der Waals surface area contributed by atoms with Gasteiger partial charge in [0.05, 0.1) is 0 Å². The number of hydrogen-bond donors (Lipinski definition) is 0. The Hall–Kier alpha value is -0.300. The third-order valence-electron chi connectivity index (χ3n) is 4.28. The smallest absolute Gasteiger partial charge is 0.00829 e. The molecule has 2 aliphatic rings. The van der Waals surface area contributed by atoms with E-state index in [0.29, 0.717) is 5.41 Å².